The van der Waals surface area contributed by atoms with E-state index in [-0.39, 0.29) is 5.02 Å². The first-order valence-corrected chi connectivity index (χ1v) is 11.0. The Bertz CT molecular complexity index is 1100. The molecule has 0 bridgehead atoms. The molecule has 1 fully saturated rings. The maximum absolute atomic E-state index is 14.0. The van der Waals surface area contributed by atoms with Crippen LogP contribution in [0.5, 0.6) is 0 Å². The van der Waals surface area contributed by atoms with E-state index < -0.39 is 5.82 Å². The Morgan fingerprint density at radius 2 is 1.97 bits per heavy atom. The molecule has 2 aromatic heterocycles. The van der Waals surface area contributed by atoms with Crippen LogP contribution in [0.4, 0.5) is 15.9 Å². The Balaban J connectivity index is 1.44. The summed E-state index contributed by atoms with van der Waals surface area (Å²) < 4.78 is 14.0. The zero-order valence-electron chi connectivity index (χ0n) is 16.6. The number of nitrogens with one attached hydrogen (secondary N) is 3. The molecule has 3 aromatic rings. The molecule has 162 valence electrons. The molecule has 0 unspecified atom stereocenters. The second-order valence-electron chi connectivity index (χ2n) is 7.70. The number of H-pyrrole nitrogens is 1. The molecule has 0 atom stereocenters. The number of fused-ring (bicyclic) bond motifs is 1. The molecule has 8 nitrogen and oxygen atoms in total. The van der Waals surface area contributed by atoms with Gasteiger partial charge >= 0.3 is 0 Å². The Morgan fingerprint density at radius 3 is 2.81 bits per heavy atom. The number of rotatable bonds is 4. The van der Waals surface area contributed by atoms with Gasteiger partial charge in [0.05, 0.1) is 10.7 Å². The first-order chi connectivity index (χ1) is 15.1. The number of anilines is 2. The van der Waals surface area contributed by atoms with Gasteiger partial charge in [0.15, 0.2) is 5.82 Å². The second kappa shape index (κ2) is 8.57. The molecule has 0 amide bonds. The fourth-order valence-corrected chi connectivity index (χ4v) is 4.51. The number of nitrogens with zero attached hydrogens (tertiary/aromatic N) is 5. The molecule has 11 heteroatoms. The summed E-state index contributed by atoms with van der Waals surface area (Å²) >= 11 is 12.5. The fraction of sp³-hybridized carbons (Fsp3) is 0.400. The molecule has 0 saturated carbocycles. The lowest BCUT2D eigenvalue weighted by Gasteiger charge is -2.31. The minimum Gasteiger partial charge on any atom is -0.365 e. The zero-order chi connectivity index (χ0) is 21.4. The monoisotopic (exact) mass is 462 g/mol. The highest BCUT2D eigenvalue weighted by Crippen LogP contribution is 2.34. The van der Waals surface area contributed by atoms with Crippen molar-refractivity contribution in [3.63, 3.8) is 0 Å². The lowest BCUT2D eigenvalue weighted by Crippen LogP contribution is -2.34. The predicted molar refractivity (Wildman–Crippen MR) is 118 cm³/mol. The summed E-state index contributed by atoms with van der Waals surface area (Å²) in [6, 6.07) is 4.69. The third-order valence-corrected chi connectivity index (χ3v) is 6.50. The topological polar surface area (TPSA) is 94.6 Å². The van der Waals surface area contributed by atoms with Crippen LogP contribution in [0.15, 0.2) is 18.2 Å². The molecule has 0 radical (unpaired) electrons. The Morgan fingerprint density at radius 1 is 1.13 bits per heavy atom. The average Bonchev–Trinajstić information content (AvgIpc) is 3.30. The van der Waals surface area contributed by atoms with Crippen LogP contribution < -0.4 is 15.5 Å². The minimum atomic E-state index is -0.490. The van der Waals surface area contributed by atoms with Gasteiger partial charge in [-0.3, -0.25) is 5.10 Å². The van der Waals surface area contributed by atoms with E-state index in [1.807, 2.05) is 6.07 Å². The number of halogens is 3. The van der Waals surface area contributed by atoms with E-state index >= 15 is 0 Å². The molecule has 1 saturated heterocycles. The summed E-state index contributed by atoms with van der Waals surface area (Å²) in [6.07, 6.45) is 2.05. The number of aromatic amines is 1. The maximum atomic E-state index is 14.0. The van der Waals surface area contributed by atoms with E-state index in [1.54, 1.807) is 0 Å². The van der Waals surface area contributed by atoms with Crippen molar-refractivity contribution in [2.24, 2.45) is 0 Å². The predicted octanol–water partition coefficient (Wildman–Crippen LogP) is 3.61. The van der Waals surface area contributed by atoms with Gasteiger partial charge in [0, 0.05) is 36.1 Å². The SMILES string of the molecule is Fc1ccc(Cl)c(CN2CCNc3nnc(-c4n[nH]c(C5CCNCC5)n4)cc32)c1Cl. The van der Waals surface area contributed by atoms with Crippen LogP contribution in [-0.4, -0.2) is 51.6 Å². The van der Waals surface area contributed by atoms with E-state index in [9.17, 15) is 4.39 Å². The highest BCUT2D eigenvalue weighted by molar-refractivity contribution is 6.36. The van der Waals surface area contributed by atoms with Crippen molar-refractivity contribution < 1.29 is 4.39 Å². The van der Waals surface area contributed by atoms with Gasteiger partial charge in [0.2, 0.25) is 5.82 Å². The average molecular weight is 463 g/mol. The first-order valence-electron chi connectivity index (χ1n) is 10.2. The fourth-order valence-electron chi connectivity index (χ4n) is 4.02. The van der Waals surface area contributed by atoms with E-state index in [2.05, 4.69) is 40.9 Å². The van der Waals surface area contributed by atoms with Crippen LogP contribution in [0, 0.1) is 5.82 Å². The summed E-state index contributed by atoms with van der Waals surface area (Å²) in [5, 5.41) is 23.1. The van der Waals surface area contributed by atoms with Gasteiger partial charge in [-0.15, -0.1) is 10.2 Å². The number of hydrogen-bond donors (Lipinski definition) is 3. The molecule has 0 spiro atoms. The first kappa shape index (κ1) is 20.4. The molecule has 5 rings (SSSR count). The van der Waals surface area contributed by atoms with Crippen LogP contribution in [-0.2, 0) is 6.54 Å². The van der Waals surface area contributed by atoms with E-state index in [4.69, 9.17) is 23.2 Å². The Hall–Kier alpha value is -2.49. The van der Waals surface area contributed by atoms with Gasteiger partial charge in [-0.1, -0.05) is 23.2 Å². The summed E-state index contributed by atoms with van der Waals surface area (Å²) in [7, 11) is 0. The van der Waals surface area contributed by atoms with Gasteiger partial charge in [-0.2, -0.15) is 5.10 Å². The normalized spacial score (nSPS) is 16.8. The molecule has 4 heterocycles. The Labute approximate surface area is 188 Å². The highest BCUT2D eigenvalue weighted by atomic mass is 35.5. The zero-order valence-corrected chi connectivity index (χ0v) is 18.1. The maximum Gasteiger partial charge on any atom is 0.201 e. The smallest absolute Gasteiger partial charge is 0.201 e. The summed E-state index contributed by atoms with van der Waals surface area (Å²) in [4.78, 5) is 6.73. The van der Waals surface area contributed by atoms with Gasteiger partial charge < -0.3 is 15.5 Å². The van der Waals surface area contributed by atoms with Crippen LogP contribution in [0.2, 0.25) is 10.0 Å². The van der Waals surface area contributed by atoms with Crippen LogP contribution in [0.3, 0.4) is 0 Å². The van der Waals surface area contributed by atoms with E-state index in [0.717, 1.165) is 37.4 Å². The van der Waals surface area contributed by atoms with Crippen molar-refractivity contribution in [2.75, 3.05) is 36.4 Å². The quantitative estimate of drug-likeness (QED) is 0.509. The standard InChI is InChI=1S/C20H21Cl2FN8/c21-13-1-2-14(23)17(22)12(13)10-31-8-7-25-20-16(31)9-15(27-30-20)19-26-18(28-29-19)11-3-5-24-6-4-11/h1-2,9,11,24H,3-8,10H2,(H,25,30)(H,26,28,29). The van der Waals surface area contributed by atoms with Crippen LogP contribution in [0.25, 0.3) is 11.5 Å². The number of benzene rings is 1. The highest BCUT2D eigenvalue weighted by Gasteiger charge is 2.24. The summed E-state index contributed by atoms with van der Waals surface area (Å²) in [5.41, 5.74) is 1.93. The lowest BCUT2D eigenvalue weighted by molar-refractivity contribution is 0.446. The molecule has 31 heavy (non-hydrogen) atoms. The number of piperidine rings is 1. The van der Waals surface area contributed by atoms with Gasteiger partial charge in [-0.25, -0.2) is 9.37 Å². The molecule has 0 aliphatic carbocycles. The Kier molecular flexibility index (Phi) is 5.64. The van der Waals surface area contributed by atoms with Crippen molar-refractivity contribution >= 4 is 34.7 Å². The molecular formula is C20H21Cl2FN8. The number of hydrogen-bond acceptors (Lipinski definition) is 7. The van der Waals surface area contributed by atoms with Crippen molar-refractivity contribution in [1.82, 2.24) is 30.7 Å². The molecule has 2 aliphatic rings. The molecular weight excluding hydrogens is 442 g/mol. The van der Waals surface area contributed by atoms with E-state index in [1.165, 1.54) is 12.1 Å². The second-order valence-corrected chi connectivity index (χ2v) is 8.49. The third-order valence-electron chi connectivity index (χ3n) is 5.73. The summed E-state index contributed by atoms with van der Waals surface area (Å²) in [6.45, 7) is 3.65. The van der Waals surface area contributed by atoms with Crippen molar-refractivity contribution in [3.8, 4) is 11.5 Å². The van der Waals surface area contributed by atoms with E-state index in [0.29, 0.717) is 53.5 Å². The lowest BCUT2D eigenvalue weighted by atomic mass is 9.98. The van der Waals surface area contributed by atoms with Crippen molar-refractivity contribution in [2.45, 2.75) is 25.3 Å². The molecule has 3 N–H and O–H groups in total. The largest absolute Gasteiger partial charge is 0.365 e. The third kappa shape index (κ3) is 4.05. The molecule has 1 aromatic carbocycles. The van der Waals surface area contributed by atoms with Crippen molar-refractivity contribution in [3.05, 3.63) is 45.4 Å². The van der Waals surface area contributed by atoms with Gasteiger partial charge in [0.1, 0.15) is 17.3 Å². The van der Waals surface area contributed by atoms with Crippen LogP contribution in [0.1, 0.15) is 30.1 Å². The van der Waals surface area contributed by atoms with Crippen molar-refractivity contribution in [1.29, 1.82) is 0 Å². The van der Waals surface area contributed by atoms with Gasteiger partial charge in [0.25, 0.3) is 0 Å². The minimum absolute atomic E-state index is 0.0374. The van der Waals surface area contributed by atoms with Crippen LogP contribution >= 0.6 is 23.2 Å². The number of aromatic nitrogens is 5. The molecule has 2 aliphatic heterocycles. The summed E-state index contributed by atoms with van der Waals surface area (Å²) in [5.74, 6) is 1.91. The van der Waals surface area contributed by atoms with Gasteiger partial charge in [-0.05, 0) is 44.1 Å².